The fraction of sp³-hybridized carbons (Fsp3) is 0.250. The van der Waals surface area contributed by atoms with Gasteiger partial charge in [-0.2, -0.15) is 0 Å². The Hall–Kier alpha value is -2.21. The van der Waals surface area contributed by atoms with Crippen LogP contribution in [0.5, 0.6) is 0 Å². The molecule has 6 heteroatoms. The van der Waals surface area contributed by atoms with Crippen molar-refractivity contribution in [3.8, 4) is 0 Å². The predicted molar refractivity (Wildman–Crippen MR) is 87.7 cm³/mol. The summed E-state index contributed by atoms with van der Waals surface area (Å²) in [5.41, 5.74) is 0.990. The van der Waals surface area contributed by atoms with E-state index >= 15 is 0 Å². The molecule has 0 radical (unpaired) electrons. The molecule has 0 aliphatic rings. The number of benzene rings is 1. The number of H-pyrrole nitrogens is 1. The lowest BCUT2D eigenvalue weighted by molar-refractivity contribution is 0.102. The van der Waals surface area contributed by atoms with Crippen molar-refractivity contribution < 1.29 is 9.00 Å². The number of aromatic nitrogens is 1. The zero-order valence-corrected chi connectivity index (χ0v) is 13.5. The molecule has 116 valence electrons. The highest BCUT2D eigenvalue weighted by Crippen LogP contribution is 2.13. The first-order valence-corrected chi connectivity index (χ1v) is 8.11. The van der Waals surface area contributed by atoms with Crippen molar-refractivity contribution >= 4 is 22.4 Å². The molecule has 1 amide bonds. The molecule has 0 fully saturated rings. The van der Waals surface area contributed by atoms with Crippen molar-refractivity contribution in [1.82, 2.24) is 4.98 Å². The molecule has 2 N–H and O–H groups in total. The highest BCUT2D eigenvalue weighted by atomic mass is 32.2. The van der Waals surface area contributed by atoms with Crippen LogP contribution in [-0.4, -0.2) is 20.3 Å². The molecule has 1 aromatic heterocycles. The van der Waals surface area contributed by atoms with Crippen LogP contribution >= 0.6 is 0 Å². The van der Waals surface area contributed by atoms with E-state index in [1.807, 2.05) is 13.8 Å². The molecule has 0 aliphatic carbocycles. The summed E-state index contributed by atoms with van der Waals surface area (Å²) in [6, 6.07) is 9.83. The lowest BCUT2D eigenvalue weighted by atomic mass is 10.2. The van der Waals surface area contributed by atoms with Crippen LogP contribution in [0.3, 0.4) is 0 Å². The largest absolute Gasteiger partial charge is 0.325 e. The van der Waals surface area contributed by atoms with Gasteiger partial charge in [0.05, 0.1) is 10.8 Å². The van der Waals surface area contributed by atoms with Gasteiger partial charge in [-0.1, -0.05) is 13.8 Å². The monoisotopic (exact) mass is 318 g/mol. The van der Waals surface area contributed by atoms with E-state index in [-0.39, 0.29) is 22.4 Å². The number of carbonyl (C=O) groups excluding carboxylic acids is 1. The van der Waals surface area contributed by atoms with E-state index < -0.39 is 10.8 Å². The standard InChI is InChI=1S/C16H18N2O3S/c1-10(2)22(21)13-7-5-12(6-8-13)15(19)18-14-9-4-11(3)17-16(14)20/h4-10H,1-3H3,(H,17,20)(H,18,19)/t22-/m0/s1. The van der Waals surface area contributed by atoms with Crippen molar-refractivity contribution in [2.24, 2.45) is 0 Å². The number of rotatable bonds is 4. The molecule has 0 saturated heterocycles. The van der Waals surface area contributed by atoms with Gasteiger partial charge in [0.1, 0.15) is 5.69 Å². The SMILES string of the molecule is Cc1ccc(NC(=O)c2ccc([S@@](=O)C(C)C)cc2)c(=O)[nH]1. The van der Waals surface area contributed by atoms with Crippen molar-refractivity contribution in [1.29, 1.82) is 0 Å². The molecule has 0 aliphatic heterocycles. The van der Waals surface area contributed by atoms with Crippen molar-refractivity contribution in [3.63, 3.8) is 0 Å². The smallest absolute Gasteiger partial charge is 0.271 e. The van der Waals surface area contributed by atoms with Gasteiger partial charge >= 0.3 is 0 Å². The molecular formula is C16H18N2O3S. The average Bonchev–Trinajstić information content (AvgIpc) is 2.49. The van der Waals surface area contributed by atoms with E-state index in [9.17, 15) is 13.8 Å². The first-order chi connectivity index (χ1) is 10.4. The maximum atomic E-state index is 12.1. The third kappa shape index (κ3) is 3.71. The van der Waals surface area contributed by atoms with Crippen LogP contribution in [0, 0.1) is 6.92 Å². The number of hydrogen-bond acceptors (Lipinski definition) is 3. The van der Waals surface area contributed by atoms with Gasteiger partial charge in [0.2, 0.25) is 0 Å². The first kappa shape index (κ1) is 16.2. The van der Waals surface area contributed by atoms with Crippen LogP contribution in [0.2, 0.25) is 0 Å². The van der Waals surface area contributed by atoms with Crippen molar-refractivity contribution in [2.45, 2.75) is 30.9 Å². The minimum Gasteiger partial charge on any atom is -0.325 e. The Balaban J connectivity index is 2.16. The van der Waals surface area contributed by atoms with Gasteiger partial charge in [0.15, 0.2) is 0 Å². The molecule has 1 atom stereocenters. The number of aryl methyl sites for hydroxylation is 1. The Morgan fingerprint density at radius 2 is 1.77 bits per heavy atom. The topological polar surface area (TPSA) is 79.0 Å². The second-order valence-electron chi connectivity index (χ2n) is 5.21. The minimum atomic E-state index is -1.09. The molecule has 1 heterocycles. The number of anilines is 1. The van der Waals surface area contributed by atoms with Gasteiger partial charge in [-0.15, -0.1) is 0 Å². The first-order valence-electron chi connectivity index (χ1n) is 6.90. The quantitative estimate of drug-likeness (QED) is 0.909. The van der Waals surface area contributed by atoms with E-state index in [4.69, 9.17) is 0 Å². The summed E-state index contributed by atoms with van der Waals surface area (Å²) in [6.45, 7) is 5.52. The summed E-state index contributed by atoms with van der Waals surface area (Å²) < 4.78 is 12.0. The number of amides is 1. The summed E-state index contributed by atoms with van der Waals surface area (Å²) in [5, 5.41) is 2.59. The van der Waals surface area contributed by atoms with Crippen molar-refractivity contribution in [3.05, 3.63) is 58.0 Å². The number of aromatic amines is 1. The van der Waals surface area contributed by atoms with Gasteiger partial charge in [-0.25, -0.2) is 0 Å². The van der Waals surface area contributed by atoms with Gasteiger partial charge < -0.3 is 10.3 Å². The lowest BCUT2D eigenvalue weighted by Gasteiger charge is -2.07. The van der Waals surface area contributed by atoms with E-state index in [1.165, 1.54) is 0 Å². The third-order valence-electron chi connectivity index (χ3n) is 3.08. The normalized spacial score (nSPS) is 12.2. The van der Waals surface area contributed by atoms with Crippen LogP contribution in [0.4, 0.5) is 5.69 Å². The second-order valence-corrected chi connectivity index (χ2v) is 7.22. The maximum absolute atomic E-state index is 12.1. The molecule has 5 nitrogen and oxygen atoms in total. The average molecular weight is 318 g/mol. The molecule has 0 unspecified atom stereocenters. The van der Waals surface area contributed by atoms with Gasteiger partial charge in [0, 0.05) is 21.4 Å². The Bertz CT molecular complexity index is 764. The molecule has 2 aromatic rings. The van der Waals surface area contributed by atoms with Crippen LogP contribution in [-0.2, 0) is 10.8 Å². The highest BCUT2D eigenvalue weighted by Gasteiger charge is 2.11. The van der Waals surface area contributed by atoms with Crippen molar-refractivity contribution in [2.75, 3.05) is 5.32 Å². The van der Waals surface area contributed by atoms with Gasteiger partial charge in [-0.05, 0) is 43.3 Å². The minimum absolute atomic E-state index is 0.0193. The summed E-state index contributed by atoms with van der Waals surface area (Å²) in [4.78, 5) is 27.1. The second kappa shape index (κ2) is 6.70. The molecule has 22 heavy (non-hydrogen) atoms. The van der Waals surface area contributed by atoms with Crippen LogP contribution in [0.15, 0.2) is 46.1 Å². The zero-order valence-electron chi connectivity index (χ0n) is 12.7. The van der Waals surface area contributed by atoms with Crippen LogP contribution in [0.1, 0.15) is 29.9 Å². The third-order valence-corrected chi connectivity index (χ3v) is 4.67. The summed E-state index contributed by atoms with van der Waals surface area (Å²) in [5.74, 6) is -0.378. The predicted octanol–water partition coefficient (Wildman–Crippen LogP) is 2.45. The Kier molecular flexibility index (Phi) is 4.92. The summed E-state index contributed by atoms with van der Waals surface area (Å²) in [7, 11) is -1.09. The fourth-order valence-corrected chi connectivity index (χ4v) is 2.83. The molecule has 0 bridgehead atoms. The fourth-order valence-electron chi connectivity index (χ4n) is 1.88. The Morgan fingerprint density at radius 1 is 1.14 bits per heavy atom. The van der Waals surface area contributed by atoms with E-state index in [0.29, 0.717) is 10.5 Å². The van der Waals surface area contributed by atoms with Crippen LogP contribution in [0.25, 0.3) is 0 Å². The van der Waals surface area contributed by atoms with E-state index in [0.717, 1.165) is 5.69 Å². The molecule has 2 rings (SSSR count). The number of pyridine rings is 1. The molecule has 0 spiro atoms. The van der Waals surface area contributed by atoms with Gasteiger partial charge in [-0.3, -0.25) is 13.8 Å². The number of nitrogens with one attached hydrogen (secondary N) is 2. The maximum Gasteiger partial charge on any atom is 0.271 e. The molecular weight excluding hydrogens is 300 g/mol. The van der Waals surface area contributed by atoms with E-state index in [1.54, 1.807) is 43.3 Å². The van der Waals surface area contributed by atoms with Gasteiger partial charge in [0.25, 0.3) is 11.5 Å². The molecule has 1 aromatic carbocycles. The Morgan fingerprint density at radius 3 is 2.32 bits per heavy atom. The van der Waals surface area contributed by atoms with E-state index in [2.05, 4.69) is 10.3 Å². The van der Waals surface area contributed by atoms with Crippen LogP contribution < -0.4 is 10.9 Å². The lowest BCUT2D eigenvalue weighted by Crippen LogP contribution is -2.20. The molecule has 0 saturated carbocycles. The zero-order chi connectivity index (χ0) is 16.3. The summed E-state index contributed by atoms with van der Waals surface area (Å²) in [6.07, 6.45) is 0. The highest BCUT2D eigenvalue weighted by molar-refractivity contribution is 7.85. The number of hydrogen-bond donors (Lipinski definition) is 2. The summed E-state index contributed by atoms with van der Waals surface area (Å²) >= 11 is 0. The Labute approximate surface area is 131 Å². The number of carbonyl (C=O) groups is 1.